The molecule has 1 aliphatic rings. The summed E-state index contributed by atoms with van der Waals surface area (Å²) in [7, 11) is 0. The number of hydrogen-bond donors (Lipinski definition) is 1. The number of nitrogens with zero attached hydrogens (tertiary/aromatic N) is 4. The summed E-state index contributed by atoms with van der Waals surface area (Å²) in [6.45, 7) is 10.8. The quantitative estimate of drug-likeness (QED) is 0.915. The number of hydrogen-bond acceptors (Lipinski definition) is 4. The lowest BCUT2D eigenvalue weighted by Gasteiger charge is -2.28. The Morgan fingerprint density at radius 3 is 2.92 bits per heavy atom. The SMILES string of the molecule is CCCN(C(=O)c1cc2cnn(C(C)C)c2nc1C)[C@H]1CCNC1. The lowest BCUT2D eigenvalue weighted by Crippen LogP contribution is -2.42. The second kappa shape index (κ2) is 6.89. The molecule has 0 aliphatic carbocycles. The average molecular weight is 329 g/mol. The van der Waals surface area contributed by atoms with Gasteiger partial charge in [0.15, 0.2) is 5.65 Å². The van der Waals surface area contributed by atoms with Gasteiger partial charge in [-0.3, -0.25) is 4.79 Å². The van der Waals surface area contributed by atoms with Crippen LogP contribution in [0.2, 0.25) is 0 Å². The summed E-state index contributed by atoms with van der Waals surface area (Å²) in [4.78, 5) is 19.9. The molecule has 1 saturated heterocycles. The second-order valence-electron chi connectivity index (χ2n) is 6.86. The van der Waals surface area contributed by atoms with Crippen molar-refractivity contribution in [3.8, 4) is 0 Å². The molecule has 3 rings (SSSR count). The minimum Gasteiger partial charge on any atom is -0.334 e. The van der Waals surface area contributed by atoms with Crippen molar-refractivity contribution in [1.29, 1.82) is 0 Å². The predicted molar refractivity (Wildman–Crippen MR) is 95.3 cm³/mol. The van der Waals surface area contributed by atoms with Gasteiger partial charge in [-0.05, 0) is 46.2 Å². The minimum atomic E-state index is 0.0924. The maximum absolute atomic E-state index is 13.2. The van der Waals surface area contributed by atoms with E-state index in [9.17, 15) is 4.79 Å². The van der Waals surface area contributed by atoms with E-state index in [1.54, 1.807) is 6.20 Å². The molecule has 2 aromatic heterocycles. The van der Waals surface area contributed by atoms with E-state index in [0.717, 1.165) is 49.2 Å². The van der Waals surface area contributed by atoms with Crippen LogP contribution in [0.25, 0.3) is 11.0 Å². The number of aryl methyl sites for hydroxylation is 1. The fourth-order valence-corrected chi connectivity index (χ4v) is 3.41. The van der Waals surface area contributed by atoms with Crippen LogP contribution < -0.4 is 5.32 Å². The van der Waals surface area contributed by atoms with Crippen molar-refractivity contribution in [2.45, 2.75) is 52.6 Å². The third kappa shape index (κ3) is 3.02. The molecule has 2 aromatic rings. The number of rotatable bonds is 5. The zero-order valence-electron chi connectivity index (χ0n) is 15.0. The summed E-state index contributed by atoms with van der Waals surface area (Å²) in [5.74, 6) is 0.0924. The highest BCUT2D eigenvalue weighted by Gasteiger charge is 2.28. The highest BCUT2D eigenvalue weighted by atomic mass is 16.2. The predicted octanol–water partition coefficient (Wildman–Crippen LogP) is 2.53. The lowest BCUT2D eigenvalue weighted by atomic mass is 10.1. The second-order valence-corrected chi connectivity index (χ2v) is 6.86. The van der Waals surface area contributed by atoms with Crippen molar-refractivity contribution in [1.82, 2.24) is 25.0 Å². The van der Waals surface area contributed by atoms with Crippen LogP contribution in [-0.4, -0.2) is 51.2 Å². The summed E-state index contributed by atoms with van der Waals surface area (Å²) >= 11 is 0. The van der Waals surface area contributed by atoms with Crippen molar-refractivity contribution < 1.29 is 4.79 Å². The fourth-order valence-electron chi connectivity index (χ4n) is 3.41. The molecule has 0 bridgehead atoms. The first-order chi connectivity index (χ1) is 11.5. The van der Waals surface area contributed by atoms with E-state index in [4.69, 9.17) is 0 Å². The number of fused-ring (bicyclic) bond motifs is 1. The molecule has 0 aromatic carbocycles. The zero-order valence-corrected chi connectivity index (χ0v) is 15.0. The third-order valence-corrected chi connectivity index (χ3v) is 4.68. The number of amides is 1. The molecule has 1 atom stereocenters. The highest BCUT2D eigenvalue weighted by Crippen LogP contribution is 2.22. The largest absolute Gasteiger partial charge is 0.334 e. The van der Waals surface area contributed by atoms with E-state index in [2.05, 4.69) is 36.2 Å². The molecular formula is C18H27N5O. The Morgan fingerprint density at radius 2 is 2.29 bits per heavy atom. The summed E-state index contributed by atoms with van der Waals surface area (Å²) in [6.07, 6.45) is 3.79. The van der Waals surface area contributed by atoms with Crippen LogP contribution in [0.4, 0.5) is 0 Å². The van der Waals surface area contributed by atoms with Gasteiger partial charge in [0.1, 0.15) is 0 Å². The van der Waals surface area contributed by atoms with E-state index < -0.39 is 0 Å². The molecule has 1 N–H and O–H groups in total. The normalized spacial score (nSPS) is 17.8. The molecule has 1 amide bonds. The van der Waals surface area contributed by atoms with Crippen LogP contribution in [0.5, 0.6) is 0 Å². The molecule has 1 fully saturated rings. The van der Waals surface area contributed by atoms with Gasteiger partial charge in [-0.15, -0.1) is 0 Å². The molecule has 0 unspecified atom stereocenters. The summed E-state index contributed by atoms with van der Waals surface area (Å²) in [5, 5.41) is 8.70. The molecule has 0 saturated carbocycles. The first kappa shape index (κ1) is 16.9. The first-order valence-electron chi connectivity index (χ1n) is 8.89. The van der Waals surface area contributed by atoms with Crippen LogP contribution in [0.15, 0.2) is 12.3 Å². The number of pyridine rings is 1. The minimum absolute atomic E-state index is 0.0924. The number of carbonyl (C=O) groups is 1. The van der Waals surface area contributed by atoms with E-state index in [1.165, 1.54) is 0 Å². The van der Waals surface area contributed by atoms with Gasteiger partial charge in [-0.25, -0.2) is 9.67 Å². The maximum Gasteiger partial charge on any atom is 0.256 e. The van der Waals surface area contributed by atoms with Gasteiger partial charge in [0, 0.05) is 30.6 Å². The van der Waals surface area contributed by atoms with Crippen LogP contribution in [0.1, 0.15) is 55.7 Å². The summed E-state index contributed by atoms with van der Waals surface area (Å²) in [5.41, 5.74) is 2.33. The Kier molecular flexibility index (Phi) is 4.85. The molecule has 0 radical (unpaired) electrons. The summed E-state index contributed by atoms with van der Waals surface area (Å²) < 4.78 is 1.90. The number of aromatic nitrogens is 3. The van der Waals surface area contributed by atoms with E-state index in [-0.39, 0.29) is 18.0 Å². The standard InChI is InChI=1S/C18H27N5O/c1-5-8-22(15-6-7-19-11-15)18(24)16-9-14-10-20-23(12(2)3)17(14)21-13(16)4/h9-10,12,15,19H,5-8,11H2,1-4H3/t15-/m0/s1. The van der Waals surface area contributed by atoms with Crippen LogP contribution in [0, 0.1) is 6.92 Å². The number of carbonyl (C=O) groups excluding carboxylic acids is 1. The average Bonchev–Trinajstić information content (AvgIpc) is 3.20. The van der Waals surface area contributed by atoms with Crippen molar-refractivity contribution in [2.24, 2.45) is 0 Å². The van der Waals surface area contributed by atoms with Gasteiger partial charge in [0.05, 0.1) is 17.5 Å². The van der Waals surface area contributed by atoms with Crippen molar-refractivity contribution in [3.63, 3.8) is 0 Å². The van der Waals surface area contributed by atoms with Gasteiger partial charge < -0.3 is 10.2 Å². The monoisotopic (exact) mass is 329 g/mol. The first-order valence-corrected chi connectivity index (χ1v) is 8.89. The topological polar surface area (TPSA) is 63.1 Å². The molecule has 6 heteroatoms. The molecule has 24 heavy (non-hydrogen) atoms. The van der Waals surface area contributed by atoms with E-state index in [1.807, 2.05) is 22.6 Å². The van der Waals surface area contributed by atoms with E-state index in [0.29, 0.717) is 5.56 Å². The van der Waals surface area contributed by atoms with Crippen LogP contribution in [-0.2, 0) is 0 Å². The maximum atomic E-state index is 13.2. The van der Waals surface area contributed by atoms with Gasteiger partial charge in [0.2, 0.25) is 0 Å². The van der Waals surface area contributed by atoms with Gasteiger partial charge in [0.25, 0.3) is 5.91 Å². The van der Waals surface area contributed by atoms with Crippen LogP contribution in [0.3, 0.4) is 0 Å². The van der Waals surface area contributed by atoms with Crippen molar-refractivity contribution in [3.05, 3.63) is 23.5 Å². The fraction of sp³-hybridized carbons (Fsp3) is 0.611. The Bertz CT molecular complexity index is 730. The van der Waals surface area contributed by atoms with Crippen molar-refractivity contribution >= 4 is 16.9 Å². The summed E-state index contributed by atoms with van der Waals surface area (Å²) in [6, 6.07) is 2.49. The Hall–Kier alpha value is -1.95. The molecule has 130 valence electrons. The Morgan fingerprint density at radius 1 is 1.50 bits per heavy atom. The highest BCUT2D eigenvalue weighted by molar-refractivity contribution is 5.98. The molecule has 3 heterocycles. The van der Waals surface area contributed by atoms with Gasteiger partial charge >= 0.3 is 0 Å². The molecular weight excluding hydrogens is 302 g/mol. The van der Waals surface area contributed by atoms with Crippen LogP contribution >= 0.6 is 0 Å². The number of nitrogens with one attached hydrogen (secondary N) is 1. The smallest absolute Gasteiger partial charge is 0.256 e. The zero-order chi connectivity index (χ0) is 17.3. The Balaban J connectivity index is 1.97. The molecule has 6 nitrogen and oxygen atoms in total. The Labute approximate surface area is 143 Å². The molecule has 0 spiro atoms. The van der Waals surface area contributed by atoms with Crippen molar-refractivity contribution in [2.75, 3.05) is 19.6 Å². The lowest BCUT2D eigenvalue weighted by molar-refractivity contribution is 0.0691. The molecule has 1 aliphatic heterocycles. The van der Waals surface area contributed by atoms with Gasteiger partial charge in [-0.2, -0.15) is 5.10 Å². The third-order valence-electron chi connectivity index (χ3n) is 4.68. The van der Waals surface area contributed by atoms with Gasteiger partial charge in [-0.1, -0.05) is 6.92 Å². The van der Waals surface area contributed by atoms with E-state index >= 15 is 0 Å².